The van der Waals surface area contributed by atoms with Crippen LogP contribution in [-0.2, 0) is 6.42 Å². The highest BCUT2D eigenvalue weighted by atomic mass is 15.0. The second-order valence-corrected chi connectivity index (χ2v) is 3.88. The van der Waals surface area contributed by atoms with Crippen LogP contribution in [0.25, 0.3) is 5.52 Å². The Kier molecular flexibility index (Phi) is 3.02. The first-order valence-corrected chi connectivity index (χ1v) is 5.38. The Morgan fingerprint density at radius 3 is 3.07 bits per heavy atom. The first kappa shape index (κ1) is 10.2. The Labute approximate surface area is 90.1 Å². The molecule has 3 heteroatoms. The van der Waals surface area contributed by atoms with Gasteiger partial charge in [0.05, 0.1) is 11.7 Å². The first-order valence-electron chi connectivity index (χ1n) is 5.38. The van der Waals surface area contributed by atoms with E-state index in [2.05, 4.69) is 40.0 Å². The molecule has 0 atom stereocenters. The molecule has 2 aromatic rings. The van der Waals surface area contributed by atoms with E-state index in [1.807, 2.05) is 13.2 Å². The number of nitrogens with zero attached hydrogens (tertiary/aromatic N) is 2. The third-order valence-corrected chi connectivity index (χ3v) is 2.58. The molecule has 0 radical (unpaired) electrons. The van der Waals surface area contributed by atoms with E-state index in [1.54, 1.807) is 0 Å². The van der Waals surface area contributed by atoms with Crippen molar-refractivity contribution in [3.05, 3.63) is 35.9 Å². The molecule has 2 rings (SSSR count). The van der Waals surface area contributed by atoms with Gasteiger partial charge in [-0.1, -0.05) is 6.07 Å². The molecule has 0 aromatic carbocycles. The maximum atomic E-state index is 4.44. The van der Waals surface area contributed by atoms with Gasteiger partial charge in [-0.2, -0.15) is 0 Å². The Morgan fingerprint density at radius 1 is 1.40 bits per heavy atom. The normalized spacial score (nSPS) is 11.1. The molecule has 3 nitrogen and oxygen atoms in total. The second kappa shape index (κ2) is 4.45. The van der Waals surface area contributed by atoms with Crippen LogP contribution in [0, 0.1) is 6.92 Å². The van der Waals surface area contributed by atoms with E-state index in [1.165, 1.54) is 11.1 Å². The zero-order valence-corrected chi connectivity index (χ0v) is 9.33. The summed E-state index contributed by atoms with van der Waals surface area (Å²) in [5.41, 5.74) is 2.45. The van der Waals surface area contributed by atoms with E-state index in [0.717, 1.165) is 25.2 Å². The molecule has 0 aliphatic carbocycles. The smallest absolute Gasteiger partial charge is 0.113 e. The summed E-state index contributed by atoms with van der Waals surface area (Å²) in [4.78, 5) is 4.44. The van der Waals surface area contributed by atoms with Gasteiger partial charge in [-0.3, -0.25) is 0 Å². The minimum Gasteiger partial charge on any atom is -0.320 e. The lowest BCUT2D eigenvalue weighted by atomic mass is 10.3. The predicted molar refractivity (Wildman–Crippen MR) is 62.2 cm³/mol. The molecule has 15 heavy (non-hydrogen) atoms. The fourth-order valence-electron chi connectivity index (χ4n) is 1.76. The van der Waals surface area contributed by atoms with E-state index in [9.17, 15) is 0 Å². The molecule has 1 N–H and O–H groups in total. The minimum atomic E-state index is 1.03. The van der Waals surface area contributed by atoms with Crippen LogP contribution in [0.1, 0.15) is 17.8 Å². The Balaban J connectivity index is 2.23. The highest BCUT2D eigenvalue weighted by Gasteiger charge is 2.02. The average Bonchev–Trinajstić information content (AvgIpc) is 2.62. The fraction of sp³-hybridized carbons (Fsp3) is 0.417. The first-order chi connectivity index (χ1) is 7.31. The maximum absolute atomic E-state index is 4.44. The van der Waals surface area contributed by atoms with Crippen molar-refractivity contribution in [1.82, 2.24) is 14.7 Å². The maximum Gasteiger partial charge on any atom is 0.113 e. The van der Waals surface area contributed by atoms with Gasteiger partial charge < -0.3 is 9.72 Å². The van der Waals surface area contributed by atoms with Crippen molar-refractivity contribution in [3.8, 4) is 0 Å². The summed E-state index contributed by atoms with van der Waals surface area (Å²) in [6.45, 7) is 3.15. The SMILES string of the molecule is CNCCCc1ncc2ccc(C)cn12. The summed E-state index contributed by atoms with van der Waals surface area (Å²) in [5.74, 6) is 1.16. The Bertz CT molecular complexity index is 445. The molecule has 0 aliphatic heterocycles. The number of fused-ring (bicyclic) bond motifs is 1. The van der Waals surface area contributed by atoms with Crippen LogP contribution in [0.15, 0.2) is 24.5 Å². The minimum absolute atomic E-state index is 1.03. The monoisotopic (exact) mass is 203 g/mol. The molecular formula is C12H17N3. The Morgan fingerprint density at radius 2 is 2.27 bits per heavy atom. The van der Waals surface area contributed by atoms with Crippen molar-refractivity contribution in [3.63, 3.8) is 0 Å². The molecule has 0 amide bonds. The highest BCUT2D eigenvalue weighted by Crippen LogP contribution is 2.10. The van der Waals surface area contributed by atoms with E-state index in [0.29, 0.717) is 0 Å². The molecule has 2 aromatic heterocycles. The van der Waals surface area contributed by atoms with Gasteiger partial charge in [0.25, 0.3) is 0 Å². The molecule has 0 spiro atoms. The van der Waals surface area contributed by atoms with Crippen LogP contribution in [-0.4, -0.2) is 23.0 Å². The lowest BCUT2D eigenvalue weighted by molar-refractivity contribution is 0.700. The summed E-state index contributed by atoms with van der Waals surface area (Å²) >= 11 is 0. The number of imidazole rings is 1. The lowest BCUT2D eigenvalue weighted by Gasteiger charge is -2.02. The van der Waals surface area contributed by atoms with Crippen molar-refractivity contribution in [1.29, 1.82) is 0 Å². The molecule has 2 heterocycles. The lowest BCUT2D eigenvalue weighted by Crippen LogP contribution is -2.09. The number of hydrogen-bond acceptors (Lipinski definition) is 2. The number of hydrogen-bond donors (Lipinski definition) is 1. The number of rotatable bonds is 4. The molecule has 80 valence electrons. The van der Waals surface area contributed by atoms with Gasteiger partial charge in [-0.15, -0.1) is 0 Å². The number of aryl methyl sites for hydroxylation is 2. The quantitative estimate of drug-likeness (QED) is 0.768. The van der Waals surface area contributed by atoms with Gasteiger partial charge in [0.1, 0.15) is 5.82 Å². The molecule has 0 saturated heterocycles. The highest BCUT2D eigenvalue weighted by molar-refractivity contribution is 5.46. The van der Waals surface area contributed by atoms with Crippen LogP contribution >= 0.6 is 0 Å². The molecule has 0 bridgehead atoms. The van der Waals surface area contributed by atoms with Crippen molar-refractivity contribution in [2.24, 2.45) is 0 Å². The number of nitrogens with one attached hydrogen (secondary N) is 1. The van der Waals surface area contributed by atoms with Gasteiger partial charge in [0.2, 0.25) is 0 Å². The zero-order valence-electron chi connectivity index (χ0n) is 9.33. The van der Waals surface area contributed by atoms with Gasteiger partial charge in [-0.25, -0.2) is 4.98 Å². The van der Waals surface area contributed by atoms with E-state index >= 15 is 0 Å². The summed E-state index contributed by atoms with van der Waals surface area (Å²) in [7, 11) is 1.98. The standard InChI is InChI=1S/C12H17N3/c1-10-5-6-11-8-14-12(15(11)9-10)4-3-7-13-2/h5-6,8-9,13H,3-4,7H2,1-2H3. The predicted octanol–water partition coefficient (Wildman–Crippen LogP) is 1.79. The molecule has 0 unspecified atom stereocenters. The summed E-state index contributed by atoms with van der Waals surface area (Å²) < 4.78 is 2.19. The summed E-state index contributed by atoms with van der Waals surface area (Å²) in [5, 5.41) is 3.15. The van der Waals surface area contributed by atoms with E-state index in [-0.39, 0.29) is 0 Å². The number of aromatic nitrogens is 2. The second-order valence-electron chi connectivity index (χ2n) is 3.88. The van der Waals surface area contributed by atoms with Gasteiger partial charge in [-0.05, 0) is 38.6 Å². The summed E-state index contributed by atoms with van der Waals surface area (Å²) in [6.07, 6.45) is 6.24. The van der Waals surface area contributed by atoms with E-state index < -0.39 is 0 Å². The van der Waals surface area contributed by atoms with Crippen molar-refractivity contribution < 1.29 is 0 Å². The van der Waals surface area contributed by atoms with Crippen molar-refractivity contribution in [2.45, 2.75) is 19.8 Å². The molecule has 0 fully saturated rings. The molecule has 0 aliphatic rings. The van der Waals surface area contributed by atoms with Crippen molar-refractivity contribution >= 4 is 5.52 Å². The fourth-order valence-corrected chi connectivity index (χ4v) is 1.76. The Hall–Kier alpha value is -1.35. The van der Waals surface area contributed by atoms with Crippen LogP contribution < -0.4 is 5.32 Å². The van der Waals surface area contributed by atoms with Gasteiger partial charge in [0, 0.05) is 12.6 Å². The van der Waals surface area contributed by atoms with Crippen LogP contribution in [0.5, 0.6) is 0 Å². The van der Waals surface area contributed by atoms with E-state index in [4.69, 9.17) is 0 Å². The van der Waals surface area contributed by atoms with Crippen molar-refractivity contribution in [2.75, 3.05) is 13.6 Å². The average molecular weight is 203 g/mol. The van der Waals surface area contributed by atoms with Gasteiger partial charge in [0.15, 0.2) is 0 Å². The topological polar surface area (TPSA) is 29.3 Å². The van der Waals surface area contributed by atoms with Crippen LogP contribution in [0.2, 0.25) is 0 Å². The van der Waals surface area contributed by atoms with Crippen LogP contribution in [0.4, 0.5) is 0 Å². The zero-order chi connectivity index (χ0) is 10.7. The molecular weight excluding hydrogens is 186 g/mol. The largest absolute Gasteiger partial charge is 0.320 e. The van der Waals surface area contributed by atoms with Crippen LogP contribution in [0.3, 0.4) is 0 Å². The van der Waals surface area contributed by atoms with Gasteiger partial charge >= 0.3 is 0 Å². The number of pyridine rings is 1. The third-order valence-electron chi connectivity index (χ3n) is 2.58. The third kappa shape index (κ3) is 2.18. The molecule has 0 saturated carbocycles. The summed E-state index contributed by atoms with van der Waals surface area (Å²) in [6, 6.07) is 4.23.